The molecule has 0 aromatic heterocycles. The van der Waals surface area contributed by atoms with E-state index in [1.807, 2.05) is 19.1 Å². The van der Waals surface area contributed by atoms with Crippen molar-refractivity contribution < 1.29 is 22.7 Å². The number of nitrogens with zero attached hydrogens (tertiary/aromatic N) is 1. The minimum atomic E-state index is -3.73. The van der Waals surface area contributed by atoms with Gasteiger partial charge in [-0.15, -0.1) is 0 Å². The van der Waals surface area contributed by atoms with E-state index >= 15 is 0 Å². The van der Waals surface area contributed by atoms with Gasteiger partial charge in [-0.3, -0.25) is 4.79 Å². The number of hydrogen-bond donors (Lipinski definition) is 0. The highest BCUT2D eigenvalue weighted by molar-refractivity contribution is 7.89. The number of esters is 1. The molecule has 0 radical (unpaired) electrons. The third kappa shape index (κ3) is 5.31. The monoisotopic (exact) mass is 417 g/mol. The van der Waals surface area contributed by atoms with E-state index in [1.165, 1.54) is 42.5 Å². The quantitative estimate of drug-likeness (QED) is 0.483. The third-order valence-electron chi connectivity index (χ3n) is 4.77. The molecular weight excluding hydrogens is 390 g/mol. The van der Waals surface area contributed by atoms with E-state index < -0.39 is 22.1 Å². The fraction of sp³-hybridized carbons (Fsp3) is 0.364. The summed E-state index contributed by atoms with van der Waals surface area (Å²) in [6.45, 7) is 7.04. The Morgan fingerprint density at radius 2 is 1.62 bits per heavy atom. The van der Waals surface area contributed by atoms with Gasteiger partial charge < -0.3 is 4.74 Å². The van der Waals surface area contributed by atoms with Crippen molar-refractivity contribution in [2.45, 2.75) is 51.2 Å². The maximum Gasteiger partial charge on any atom is 0.338 e. The molecule has 0 unspecified atom stereocenters. The Hall–Kier alpha value is -2.51. The Kier molecular flexibility index (Phi) is 7.32. The number of Topliss-reactive ketones (excluding diaryl/α,β-unsaturated/α-hetero) is 1. The summed E-state index contributed by atoms with van der Waals surface area (Å²) in [7, 11) is -2.25. The van der Waals surface area contributed by atoms with Crippen LogP contribution < -0.4 is 0 Å². The summed E-state index contributed by atoms with van der Waals surface area (Å²) in [5, 5.41) is 0. The van der Waals surface area contributed by atoms with Gasteiger partial charge in [0.15, 0.2) is 6.10 Å². The van der Waals surface area contributed by atoms with Crippen LogP contribution in [0.15, 0.2) is 53.4 Å². The number of carbonyl (C=O) groups is 2. The molecule has 0 aliphatic carbocycles. The highest BCUT2D eigenvalue weighted by atomic mass is 32.2. The van der Waals surface area contributed by atoms with Gasteiger partial charge in [0.05, 0.1) is 10.5 Å². The van der Waals surface area contributed by atoms with Crippen LogP contribution in [-0.4, -0.2) is 43.7 Å². The van der Waals surface area contributed by atoms with Crippen LogP contribution in [0.3, 0.4) is 0 Å². The van der Waals surface area contributed by atoms with Crippen molar-refractivity contribution in [1.82, 2.24) is 4.31 Å². The highest BCUT2D eigenvalue weighted by Gasteiger charge is 2.25. The van der Waals surface area contributed by atoms with Crippen LogP contribution >= 0.6 is 0 Å². The molecule has 7 heteroatoms. The zero-order valence-corrected chi connectivity index (χ0v) is 18.2. The minimum Gasteiger partial charge on any atom is -0.451 e. The van der Waals surface area contributed by atoms with Crippen molar-refractivity contribution in [3.63, 3.8) is 0 Å². The Balaban J connectivity index is 2.17. The maximum absolute atomic E-state index is 12.6. The lowest BCUT2D eigenvalue weighted by Gasteiger charge is -2.21. The van der Waals surface area contributed by atoms with Gasteiger partial charge in [-0.1, -0.05) is 37.3 Å². The summed E-state index contributed by atoms with van der Waals surface area (Å²) in [6.07, 6.45) is -0.127. The normalized spacial score (nSPS) is 12.8. The van der Waals surface area contributed by atoms with E-state index in [2.05, 4.69) is 0 Å². The van der Waals surface area contributed by atoms with Crippen molar-refractivity contribution in [3.8, 4) is 0 Å². The Morgan fingerprint density at radius 1 is 1.00 bits per heavy atom. The molecular formula is C22H27NO5S. The molecule has 0 heterocycles. The lowest BCUT2D eigenvalue weighted by atomic mass is 10.0. The van der Waals surface area contributed by atoms with Gasteiger partial charge in [-0.05, 0) is 51.0 Å². The summed E-state index contributed by atoms with van der Waals surface area (Å²) >= 11 is 0. The zero-order valence-electron chi connectivity index (χ0n) is 17.4. The predicted octanol–water partition coefficient (Wildman–Crippen LogP) is 3.71. The summed E-state index contributed by atoms with van der Waals surface area (Å²) in [5.41, 5.74) is 1.64. The van der Waals surface area contributed by atoms with Gasteiger partial charge in [0.2, 0.25) is 15.8 Å². The Labute approximate surface area is 172 Å². The molecule has 0 spiro atoms. The van der Waals surface area contributed by atoms with Gasteiger partial charge in [-0.2, -0.15) is 4.31 Å². The van der Waals surface area contributed by atoms with Crippen LogP contribution in [0.2, 0.25) is 0 Å². The maximum atomic E-state index is 12.6. The number of carbonyl (C=O) groups excluding carboxylic acids is 2. The first-order chi connectivity index (χ1) is 13.6. The Morgan fingerprint density at radius 3 is 2.17 bits per heavy atom. The fourth-order valence-electron chi connectivity index (χ4n) is 2.65. The summed E-state index contributed by atoms with van der Waals surface area (Å²) < 4.78 is 31.8. The topological polar surface area (TPSA) is 80.8 Å². The largest absolute Gasteiger partial charge is 0.451 e. The standard InChI is InChI=1S/C22H27NO5S/c1-6-17-10-12-18(13-11-17)21(24)16(4)28-22(25)19-8-7-9-20(14-19)29(26,27)23(5)15(2)3/h7-16H,6H2,1-5H3/t16-/m0/s1. The summed E-state index contributed by atoms with van der Waals surface area (Å²) in [4.78, 5) is 25.0. The second-order valence-corrected chi connectivity index (χ2v) is 9.10. The van der Waals surface area contributed by atoms with Crippen LogP contribution in [0.4, 0.5) is 0 Å². The smallest absolute Gasteiger partial charge is 0.338 e. The molecule has 156 valence electrons. The number of benzene rings is 2. The van der Waals surface area contributed by atoms with E-state index in [9.17, 15) is 18.0 Å². The molecule has 0 aliphatic rings. The van der Waals surface area contributed by atoms with Crippen molar-refractivity contribution in [2.24, 2.45) is 0 Å². The molecule has 29 heavy (non-hydrogen) atoms. The van der Waals surface area contributed by atoms with Crippen molar-refractivity contribution in [2.75, 3.05) is 7.05 Å². The number of rotatable bonds is 8. The number of aryl methyl sites for hydroxylation is 1. The van der Waals surface area contributed by atoms with E-state index in [-0.39, 0.29) is 22.3 Å². The first kappa shape index (κ1) is 22.8. The predicted molar refractivity (Wildman–Crippen MR) is 112 cm³/mol. The third-order valence-corrected chi connectivity index (χ3v) is 6.80. The molecule has 0 saturated carbocycles. The molecule has 0 aliphatic heterocycles. The average Bonchev–Trinajstić information content (AvgIpc) is 2.72. The Bertz CT molecular complexity index is 981. The molecule has 0 saturated heterocycles. The SMILES string of the molecule is CCc1ccc(C(=O)[C@H](C)OC(=O)c2cccc(S(=O)(=O)N(C)C(C)C)c2)cc1. The zero-order chi connectivity index (χ0) is 21.8. The molecule has 2 aromatic rings. The second-order valence-electron chi connectivity index (χ2n) is 7.11. The molecule has 6 nitrogen and oxygen atoms in total. The van der Waals surface area contributed by atoms with E-state index in [1.54, 1.807) is 26.0 Å². The molecule has 0 bridgehead atoms. The van der Waals surface area contributed by atoms with Crippen LogP contribution in [0.1, 0.15) is 54.0 Å². The van der Waals surface area contributed by atoms with Crippen LogP contribution in [0, 0.1) is 0 Å². The number of ether oxygens (including phenoxy) is 1. The van der Waals surface area contributed by atoms with Gasteiger partial charge in [0.1, 0.15) is 0 Å². The van der Waals surface area contributed by atoms with E-state index in [4.69, 9.17) is 4.74 Å². The van der Waals surface area contributed by atoms with Gasteiger partial charge >= 0.3 is 5.97 Å². The average molecular weight is 418 g/mol. The number of sulfonamides is 1. The highest BCUT2D eigenvalue weighted by Crippen LogP contribution is 2.19. The fourth-order valence-corrected chi connectivity index (χ4v) is 4.06. The van der Waals surface area contributed by atoms with Crippen LogP contribution in [0.25, 0.3) is 0 Å². The van der Waals surface area contributed by atoms with Crippen molar-refractivity contribution in [1.29, 1.82) is 0 Å². The lowest BCUT2D eigenvalue weighted by molar-refractivity contribution is 0.0318. The van der Waals surface area contributed by atoms with Crippen LogP contribution in [0.5, 0.6) is 0 Å². The molecule has 0 amide bonds. The number of ketones is 1. The first-order valence-corrected chi connectivity index (χ1v) is 10.9. The molecule has 1 atom stereocenters. The van der Waals surface area contributed by atoms with Gasteiger partial charge in [-0.25, -0.2) is 13.2 Å². The molecule has 0 N–H and O–H groups in total. The molecule has 2 rings (SSSR count). The van der Waals surface area contributed by atoms with Crippen LogP contribution in [-0.2, 0) is 21.2 Å². The summed E-state index contributed by atoms with van der Waals surface area (Å²) in [5.74, 6) is -1.07. The molecule has 2 aromatic carbocycles. The van der Waals surface area contributed by atoms with E-state index in [0.29, 0.717) is 5.56 Å². The summed E-state index contributed by atoms with van der Waals surface area (Å²) in [6, 6.07) is 12.5. The van der Waals surface area contributed by atoms with Gasteiger partial charge in [0.25, 0.3) is 0 Å². The van der Waals surface area contributed by atoms with Gasteiger partial charge in [0, 0.05) is 18.7 Å². The second kappa shape index (κ2) is 9.33. The van der Waals surface area contributed by atoms with Crippen molar-refractivity contribution in [3.05, 3.63) is 65.2 Å². The minimum absolute atomic E-state index is 0.00251. The molecule has 0 fully saturated rings. The lowest BCUT2D eigenvalue weighted by Crippen LogP contribution is -2.33. The first-order valence-electron chi connectivity index (χ1n) is 9.50. The number of hydrogen-bond acceptors (Lipinski definition) is 5. The van der Waals surface area contributed by atoms with Crippen molar-refractivity contribution >= 4 is 21.8 Å². The van der Waals surface area contributed by atoms with E-state index in [0.717, 1.165) is 12.0 Å².